The first-order valence-electron chi connectivity index (χ1n) is 9.09. The quantitative estimate of drug-likeness (QED) is 0.681. The van der Waals surface area contributed by atoms with Crippen LogP contribution >= 0.6 is 11.3 Å². The van der Waals surface area contributed by atoms with Gasteiger partial charge in [0.25, 0.3) is 5.91 Å². The van der Waals surface area contributed by atoms with E-state index in [1.54, 1.807) is 46.5 Å². The molecule has 4 heterocycles. The van der Waals surface area contributed by atoms with E-state index < -0.39 is 5.41 Å². The lowest BCUT2D eigenvalue weighted by Crippen LogP contribution is -2.32. The highest BCUT2D eigenvalue weighted by Gasteiger charge is 2.41. The summed E-state index contributed by atoms with van der Waals surface area (Å²) < 4.78 is 1.58. The van der Waals surface area contributed by atoms with Gasteiger partial charge in [0, 0.05) is 36.1 Å². The second-order valence-electron chi connectivity index (χ2n) is 7.59. The van der Waals surface area contributed by atoms with Gasteiger partial charge in [0.05, 0.1) is 6.20 Å². The van der Waals surface area contributed by atoms with Crippen molar-refractivity contribution >= 4 is 40.5 Å². The van der Waals surface area contributed by atoms with E-state index in [1.165, 1.54) is 11.3 Å². The predicted molar refractivity (Wildman–Crippen MR) is 112 cm³/mol. The second-order valence-corrected chi connectivity index (χ2v) is 8.45. The van der Waals surface area contributed by atoms with Gasteiger partial charge in [-0.2, -0.15) is 5.10 Å². The number of aryl methyl sites for hydroxylation is 1. The number of pyridine rings is 1. The normalized spacial score (nSPS) is 15.7. The minimum atomic E-state index is -0.436. The molecule has 3 aromatic heterocycles. The molecule has 0 saturated carbocycles. The van der Waals surface area contributed by atoms with Crippen molar-refractivity contribution in [1.82, 2.24) is 19.7 Å². The molecule has 9 nitrogen and oxygen atoms in total. The van der Waals surface area contributed by atoms with Gasteiger partial charge in [0.1, 0.15) is 22.2 Å². The fourth-order valence-electron chi connectivity index (χ4n) is 3.21. The number of nitrogens with zero attached hydrogens (tertiary/aromatic N) is 5. The summed E-state index contributed by atoms with van der Waals surface area (Å²) in [5.74, 6) is 0.475. The van der Waals surface area contributed by atoms with Crippen molar-refractivity contribution in [3.8, 4) is 10.6 Å². The first-order valence-corrected chi connectivity index (χ1v) is 9.97. The molecule has 0 spiro atoms. The molecule has 3 aromatic rings. The molecule has 1 aliphatic heterocycles. The van der Waals surface area contributed by atoms with Crippen molar-refractivity contribution < 1.29 is 9.59 Å². The summed E-state index contributed by atoms with van der Waals surface area (Å²) in [5, 5.41) is 9.58. The lowest BCUT2D eigenvalue weighted by atomic mass is 9.92. The fraction of sp³-hybridized carbons (Fsp3) is 0.316. The molecule has 1 saturated heterocycles. The van der Waals surface area contributed by atoms with E-state index >= 15 is 0 Å². The summed E-state index contributed by atoms with van der Waals surface area (Å²) >= 11 is 1.34. The number of aromatic nitrogens is 4. The van der Waals surface area contributed by atoms with Gasteiger partial charge in [0.15, 0.2) is 5.82 Å². The van der Waals surface area contributed by atoms with Crippen LogP contribution in [-0.2, 0) is 11.8 Å². The molecule has 1 aliphatic rings. The number of nitrogens with one attached hydrogen (secondary N) is 1. The third-order valence-electron chi connectivity index (χ3n) is 4.86. The maximum absolute atomic E-state index is 12.8. The second kappa shape index (κ2) is 6.96. The van der Waals surface area contributed by atoms with Crippen LogP contribution in [-0.4, -0.2) is 38.1 Å². The summed E-state index contributed by atoms with van der Waals surface area (Å²) in [7, 11) is 1.75. The zero-order valence-electron chi connectivity index (χ0n) is 16.3. The number of amides is 2. The van der Waals surface area contributed by atoms with Crippen LogP contribution < -0.4 is 16.0 Å². The van der Waals surface area contributed by atoms with Crippen LogP contribution in [0.25, 0.3) is 10.6 Å². The lowest BCUT2D eigenvalue weighted by molar-refractivity contribution is -0.124. The maximum Gasteiger partial charge on any atom is 0.275 e. The Bertz CT molecular complexity index is 1100. The minimum absolute atomic E-state index is 0.00193. The zero-order valence-corrected chi connectivity index (χ0v) is 17.2. The number of carbonyl (C=O) groups excluding carboxylic acids is 2. The monoisotopic (exact) mass is 411 g/mol. The molecule has 3 N–H and O–H groups in total. The van der Waals surface area contributed by atoms with E-state index in [2.05, 4.69) is 20.4 Å². The van der Waals surface area contributed by atoms with Gasteiger partial charge < -0.3 is 11.1 Å². The largest absolute Gasteiger partial charge is 0.384 e. The molecular weight excluding hydrogens is 390 g/mol. The Morgan fingerprint density at radius 2 is 2.17 bits per heavy atom. The Morgan fingerprint density at radius 3 is 2.86 bits per heavy atom. The van der Waals surface area contributed by atoms with Crippen molar-refractivity contribution in [2.75, 3.05) is 22.5 Å². The SMILES string of the molecule is Cn1cc(NC(=O)c2csc(-c3ccnc(N)c3)n2)c(N2CCC(C)(C)C2=O)n1. The van der Waals surface area contributed by atoms with Gasteiger partial charge in [-0.25, -0.2) is 9.97 Å². The molecule has 0 unspecified atom stereocenters. The number of thiazole rings is 1. The third-order valence-corrected chi connectivity index (χ3v) is 5.75. The number of nitrogen functional groups attached to an aromatic ring is 1. The van der Waals surface area contributed by atoms with Crippen molar-refractivity contribution in [3.63, 3.8) is 0 Å². The maximum atomic E-state index is 12.8. The molecular formula is C19H21N7O2S. The number of hydrogen-bond donors (Lipinski definition) is 2. The Morgan fingerprint density at radius 1 is 1.38 bits per heavy atom. The van der Waals surface area contributed by atoms with Gasteiger partial charge in [0.2, 0.25) is 5.91 Å². The molecule has 2 amide bonds. The Hall–Kier alpha value is -3.27. The highest BCUT2D eigenvalue weighted by Crippen LogP contribution is 2.36. The topological polar surface area (TPSA) is 119 Å². The van der Waals surface area contributed by atoms with Crippen LogP contribution in [0.4, 0.5) is 17.3 Å². The Balaban J connectivity index is 1.56. The van der Waals surface area contributed by atoms with Gasteiger partial charge in [-0.3, -0.25) is 19.2 Å². The average molecular weight is 411 g/mol. The van der Waals surface area contributed by atoms with E-state index in [4.69, 9.17) is 5.73 Å². The summed E-state index contributed by atoms with van der Waals surface area (Å²) in [6, 6.07) is 3.50. The first kappa shape index (κ1) is 19.1. The van der Waals surface area contributed by atoms with E-state index in [9.17, 15) is 9.59 Å². The standard InChI is InChI=1S/C19H21N7O2S/c1-19(2)5-7-26(18(19)28)15-12(9-25(3)24-15)22-16(27)13-10-29-17(23-13)11-4-6-21-14(20)8-11/h4,6,8-10H,5,7H2,1-3H3,(H2,20,21)(H,22,27). The molecule has 4 rings (SSSR count). The van der Waals surface area contributed by atoms with Gasteiger partial charge in [-0.15, -0.1) is 11.3 Å². The number of anilines is 3. The average Bonchev–Trinajstić information content (AvgIpc) is 3.35. The molecule has 0 radical (unpaired) electrons. The molecule has 0 atom stereocenters. The summed E-state index contributed by atoms with van der Waals surface area (Å²) in [6.45, 7) is 4.40. The third kappa shape index (κ3) is 3.58. The molecule has 10 heteroatoms. The smallest absolute Gasteiger partial charge is 0.275 e. The molecule has 150 valence electrons. The van der Waals surface area contributed by atoms with Gasteiger partial charge in [-0.05, 0) is 18.6 Å². The van der Waals surface area contributed by atoms with Gasteiger partial charge in [-0.1, -0.05) is 13.8 Å². The van der Waals surface area contributed by atoms with Crippen LogP contribution in [0.1, 0.15) is 30.8 Å². The number of nitrogens with two attached hydrogens (primary N) is 1. The fourth-order valence-corrected chi connectivity index (χ4v) is 4.01. The van der Waals surface area contributed by atoms with E-state index in [-0.39, 0.29) is 17.5 Å². The lowest BCUT2D eigenvalue weighted by Gasteiger charge is -2.18. The molecule has 0 aromatic carbocycles. The number of hydrogen-bond acceptors (Lipinski definition) is 7. The highest BCUT2D eigenvalue weighted by molar-refractivity contribution is 7.13. The van der Waals surface area contributed by atoms with Gasteiger partial charge >= 0.3 is 0 Å². The summed E-state index contributed by atoms with van der Waals surface area (Å²) in [4.78, 5) is 35.4. The van der Waals surface area contributed by atoms with Crippen molar-refractivity contribution in [2.45, 2.75) is 20.3 Å². The molecule has 0 aliphatic carbocycles. The van der Waals surface area contributed by atoms with E-state index in [0.29, 0.717) is 28.9 Å². The molecule has 1 fully saturated rings. The number of carbonyl (C=O) groups is 2. The first-order chi connectivity index (χ1) is 13.7. The van der Waals surface area contributed by atoms with Crippen molar-refractivity contribution in [1.29, 1.82) is 0 Å². The summed E-state index contributed by atoms with van der Waals surface area (Å²) in [6.07, 6.45) is 4.02. The molecule has 29 heavy (non-hydrogen) atoms. The van der Waals surface area contributed by atoms with E-state index in [1.807, 2.05) is 13.8 Å². The summed E-state index contributed by atoms with van der Waals surface area (Å²) in [5.41, 5.74) is 6.84. The van der Waals surface area contributed by atoms with Crippen LogP contribution in [0.15, 0.2) is 29.9 Å². The Kier molecular flexibility index (Phi) is 4.58. The van der Waals surface area contributed by atoms with Crippen molar-refractivity contribution in [3.05, 3.63) is 35.6 Å². The van der Waals surface area contributed by atoms with Crippen LogP contribution in [0.3, 0.4) is 0 Å². The predicted octanol–water partition coefficient (Wildman–Crippen LogP) is 2.54. The van der Waals surface area contributed by atoms with Crippen LogP contribution in [0, 0.1) is 5.41 Å². The Labute approximate surface area is 171 Å². The van der Waals surface area contributed by atoms with Crippen molar-refractivity contribution in [2.24, 2.45) is 12.5 Å². The van der Waals surface area contributed by atoms with Crippen LogP contribution in [0.2, 0.25) is 0 Å². The van der Waals surface area contributed by atoms with E-state index in [0.717, 1.165) is 12.0 Å². The zero-order chi connectivity index (χ0) is 20.8. The molecule has 0 bridgehead atoms. The number of rotatable bonds is 4. The van der Waals surface area contributed by atoms with Crippen LogP contribution in [0.5, 0.6) is 0 Å². The highest BCUT2D eigenvalue weighted by atomic mass is 32.1. The minimum Gasteiger partial charge on any atom is -0.384 e.